The normalized spacial score (nSPS) is 26.5. The third-order valence-corrected chi connectivity index (χ3v) is 4.09. The SMILES string of the molecule is O=C(OC(c1ccc(F)c(F)c1)[C@H]1OC(O)[C@H](O)[C@@H]1O)c1ccccc1. The van der Waals surface area contributed by atoms with Gasteiger partial charge in [-0.2, -0.15) is 0 Å². The molecule has 5 atom stereocenters. The van der Waals surface area contributed by atoms with Gasteiger partial charge in [0.2, 0.25) is 0 Å². The molecule has 2 aromatic carbocycles. The third kappa shape index (κ3) is 3.58. The maximum absolute atomic E-state index is 13.6. The molecule has 0 saturated carbocycles. The summed E-state index contributed by atoms with van der Waals surface area (Å²) in [7, 11) is 0. The van der Waals surface area contributed by atoms with Gasteiger partial charge in [0.05, 0.1) is 5.56 Å². The summed E-state index contributed by atoms with van der Waals surface area (Å²) in [6.07, 6.45) is -7.72. The van der Waals surface area contributed by atoms with Gasteiger partial charge in [-0.25, -0.2) is 13.6 Å². The van der Waals surface area contributed by atoms with Crippen LogP contribution in [-0.4, -0.2) is 45.9 Å². The largest absolute Gasteiger partial charge is 0.451 e. The molecule has 6 nitrogen and oxygen atoms in total. The maximum Gasteiger partial charge on any atom is 0.338 e. The molecule has 0 aliphatic carbocycles. The van der Waals surface area contributed by atoms with Crippen LogP contribution in [0.5, 0.6) is 0 Å². The van der Waals surface area contributed by atoms with Gasteiger partial charge in [0.15, 0.2) is 24.0 Å². The van der Waals surface area contributed by atoms with E-state index in [2.05, 4.69) is 0 Å². The number of halogens is 2. The topological polar surface area (TPSA) is 96.2 Å². The number of ether oxygens (including phenoxy) is 2. The number of carbonyl (C=O) groups excluding carboxylic acids is 1. The summed E-state index contributed by atoms with van der Waals surface area (Å²) in [6, 6.07) is 10.7. The monoisotopic (exact) mass is 366 g/mol. The van der Waals surface area contributed by atoms with Gasteiger partial charge in [-0.05, 0) is 29.8 Å². The molecule has 0 spiro atoms. The van der Waals surface area contributed by atoms with Crippen molar-refractivity contribution in [2.75, 3.05) is 0 Å². The maximum atomic E-state index is 13.6. The molecule has 3 rings (SSSR count). The second kappa shape index (κ2) is 7.46. The summed E-state index contributed by atoms with van der Waals surface area (Å²) in [5.74, 6) is -3.08. The molecule has 26 heavy (non-hydrogen) atoms. The average Bonchev–Trinajstić information content (AvgIpc) is 2.90. The van der Waals surface area contributed by atoms with Crippen molar-refractivity contribution in [3.63, 3.8) is 0 Å². The van der Waals surface area contributed by atoms with Crippen molar-refractivity contribution >= 4 is 5.97 Å². The fourth-order valence-corrected chi connectivity index (χ4v) is 2.71. The minimum absolute atomic E-state index is 0.00136. The van der Waals surface area contributed by atoms with Gasteiger partial charge < -0.3 is 24.8 Å². The molecule has 0 radical (unpaired) electrons. The highest BCUT2D eigenvalue weighted by Crippen LogP contribution is 2.34. The van der Waals surface area contributed by atoms with Gasteiger partial charge in [0.1, 0.15) is 18.3 Å². The molecule has 8 heteroatoms. The van der Waals surface area contributed by atoms with Crippen LogP contribution in [-0.2, 0) is 9.47 Å². The Morgan fingerprint density at radius 3 is 2.27 bits per heavy atom. The van der Waals surface area contributed by atoms with E-state index in [1.165, 1.54) is 12.1 Å². The number of carbonyl (C=O) groups is 1. The van der Waals surface area contributed by atoms with E-state index >= 15 is 0 Å². The van der Waals surface area contributed by atoms with E-state index in [0.717, 1.165) is 18.2 Å². The zero-order valence-electron chi connectivity index (χ0n) is 13.3. The first-order valence-electron chi connectivity index (χ1n) is 7.79. The molecule has 0 amide bonds. The molecule has 1 heterocycles. The second-order valence-electron chi connectivity index (χ2n) is 5.84. The molecule has 0 bridgehead atoms. The summed E-state index contributed by atoms with van der Waals surface area (Å²) in [5, 5.41) is 29.3. The highest BCUT2D eigenvalue weighted by atomic mass is 19.2. The van der Waals surface area contributed by atoms with Gasteiger partial charge in [-0.15, -0.1) is 0 Å². The second-order valence-corrected chi connectivity index (χ2v) is 5.84. The predicted octanol–water partition coefficient (Wildman–Crippen LogP) is 1.30. The molecule has 2 unspecified atom stereocenters. The van der Waals surface area contributed by atoms with E-state index in [-0.39, 0.29) is 11.1 Å². The predicted molar refractivity (Wildman–Crippen MR) is 83.8 cm³/mol. The molecule has 2 aromatic rings. The van der Waals surface area contributed by atoms with Crippen molar-refractivity contribution < 1.29 is 38.4 Å². The van der Waals surface area contributed by atoms with Crippen molar-refractivity contribution in [2.45, 2.75) is 30.7 Å². The van der Waals surface area contributed by atoms with Crippen molar-refractivity contribution in [1.82, 2.24) is 0 Å². The Hall–Kier alpha value is -2.39. The van der Waals surface area contributed by atoms with Gasteiger partial charge in [-0.1, -0.05) is 24.3 Å². The average molecular weight is 366 g/mol. The number of hydrogen-bond donors (Lipinski definition) is 3. The Balaban J connectivity index is 1.93. The minimum Gasteiger partial charge on any atom is -0.451 e. The zero-order chi connectivity index (χ0) is 18.8. The van der Waals surface area contributed by atoms with Crippen molar-refractivity contribution in [1.29, 1.82) is 0 Å². The highest BCUT2D eigenvalue weighted by Gasteiger charge is 2.47. The smallest absolute Gasteiger partial charge is 0.338 e. The molecular weight excluding hydrogens is 350 g/mol. The van der Waals surface area contributed by atoms with Crippen LogP contribution < -0.4 is 0 Å². The minimum atomic E-state index is -1.71. The Kier molecular flexibility index (Phi) is 5.28. The first-order valence-corrected chi connectivity index (χ1v) is 7.79. The lowest BCUT2D eigenvalue weighted by atomic mass is 9.98. The summed E-state index contributed by atoms with van der Waals surface area (Å²) in [6.45, 7) is 0. The molecule has 1 fully saturated rings. The van der Waals surface area contributed by atoms with E-state index in [1.807, 2.05) is 0 Å². The van der Waals surface area contributed by atoms with Gasteiger partial charge in [-0.3, -0.25) is 0 Å². The molecule has 138 valence electrons. The Morgan fingerprint density at radius 2 is 1.69 bits per heavy atom. The summed E-state index contributed by atoms with van der Waals surface area (Å²) in [5.41, 5.74) is 0.187. The van der Waals surface area contributed by atoms with Crippen LogP contribution in [0, 0.1) is 11.6 Å². The van der Waals surface area contributed by atoms with Crippen molar-refractivity contribution in [3.8, 4) is 0 Å². The third-order valence-electron chi connectivity index (χ3n) is 4.09. The first-order chi connectivity index (χ1) is 12.4. The standard InChI is InChI=1S/C18H16F2O6/c19-11-7-6-10(8-12(11)20)15(16-13(21)14(22)18(24)26-16)25-17(23)9-4-2-1-3-5-9/h1-8,13-16,18,21-22,24H/t13-,14+,15?,16-,18?/m0/s1. The zero-order valence-corrected chi connectivity index (χ0v) is 13.3. The molecule has 1 aliphatic heterocycles. The van der Waals surface area contributed by atoms with E-state index in [9.17, 15) is 28.9 Å². The molecule has 1 aliphatic rings. The Labute approximate surface area is 147 Å². The van der Waals surface area contributed by atoms with Crippen LogP contribution in [0.2, 0.25) is 0 Å². The van der Waals surface area contributed by atoms with Crippen LogP contribution in [0.3, 0.4) is 0 Å². The number of esters is 1. The van der Waals surface area contributed by atoms with Crippen LogP contribution >= 0.6 is 0 Å². The number of rotatable bonds is 4. The van der Waals surface area contributed by atoms with Gasteiger partial charge in [0, 0.05) is 0 Å². The molecular formula is C18H16F2O6. The van der Waals surface area contributed by atoms with Crippen LogP contribution in [0.4, 0.5) is 8.78 Å². The number of aliphatic hydroxyl groups is 3. The van der Waals surface area contributed by atoms with Crippen molar-refractivity contribution in [3.05, 3.63) is 71.3 Å². The van der Waals surface area contributed by atoms with Gasteiger partial charge >= 0.3 is 5.97 Å². The molecule has 1 saturated heterocycles. The van der Waals surface area contributed by atoms with E-state index in [1.54, 1.807) is 18.2 Å². The first kappa shape index (κ1) is 18.4. The summed E-state index contributed by atoms with van der Waals surface area (Å²) < 4.78 is 37.2. The molecule has 0 aromatic heterocycles. The fourth-order valence-electron chi connectivity index (χ4n) is 2.71. The van der Waals surface area contributed by atoms with Crippen molar-refractivity contribution in [2.24, 2.45) is 0 Å². The Bertz CT molecular complexity index is 785. The number of aliphatic hydroxyl groups excluding tert-OH is 3. The summed E-state index contributed by atoms with van der Waals surface area (Å²) >= 11 is 0. The fraction of sp³-hybridized carbons (Fsp3) is 0.278. The Morgan fingerprint density at radius 1 is 1.00 bits per heavy atom. The van der Waals surface area contributed by atoms with E-state index < -0.39 is 48.3 Å². The summed E-state index contributed by atoms with van der Waals surface area (Å²) in [4.78, 5) is 12.4. The van der Waals surface area contributed by atoms with E-state index in [0.29, 0.717) is 0 Å². The molecule has 3 N–H and O–H groups in total. The number of benzene rings is 2. The quantitative estimate of drug-likeness (QED) is 0.706. The van der Waals surface area contributed by atoms with Crippen LogP contribution in [0.25, 0.3) is 0 Å². The van der Waals surface area contributed by atoms with Crippen LogP contribution in [0.15, 0.2) is 48.5 Å². The lowest BCUT2D eigenvalue weighted by Crippen LogP contribution is -2.37. The van der Waals surface area contributed by atoms with Crippen LogP contribution in [0.1, 0.15) is 22.0 Å². The van der Waals surface area contributed by atoms with E-state index in [4.69, 9.17) is 9.47 Å². The highest BCUT2D eigenvalue weighted by molar-refractivity contribution is 5.89. The van der Waals surface area contributed by atoms with Gasteiger partial charge in [0.25, 0.3) is 0 Å². The number of hydrogen-bond acceptors (Lipinski definition) is 6. The lowest BCUT2D eigenvalue weighted by Gasteiger charge is -2.26. The lowest BCUT2D eigenvalue weighted by molar-refractivity contribution is -0.148.